The van der Waals surface area contributed by atoms with Crippen LogP contribution >= 0.6 is 0 Å². The van der Waals surface area contributed by atoms with E-state index in [0.717, 1.165) is 11.0 Å². The Balaban J connectivity index is 2.55. The van der Waals surface area contributed by atoms with E-state index in [1.165, 1.54) is 0 Å². The number of imidazole rings is 1. The van der Waals surface area contributed by atoms with Crippen LogP contribution in [0.15, 0.2) is 29.4 Å². The second-order valence-corrected chi connectivity index (χ2v) is 7.26. The molecular formula is C14H18N2O3S. The highest BCUT2D eigenvalue weighted by atomic mass is 32.2. The second-order valence-electron chi connectivity index (χ2n) is 5.82. The molecule has 2 aromatic rings. The van der Waals surface area contributed by atoms with Crippen LogP contribution in [0, 0.1) is 5.41 Å². The number of fused-ring (bicyclic) bond motifs is 1. The molecule has 0 aliphatic heterocycles. The molecule has 0 saturated heterocycles. The molecule has 2 rings (SSSR count). The molecule has 1 aromatic heterocycles. The molecule has 0 aliphatic rings. The fraction of sp³-hybridized carbons (Fsp3) is 0.429. The van der Waals surface area contributed by atoms with Gasteiger partial charge in [0, 0.05) is 7.05 Å². The summed E-state index contributed by atoms with van der Waals surface area (Å²) in [5.41, 5.74) is 0.944. The summed E-state index contributed by atoms with van der Waals surface area (Å²) >= 11 is 0. The summed E-state index contributed by atoms with van der Waals surface area (Å²) < 4.78 is 14.4. The molecule has 2 atom stereocenters. The Hall–Kier alpha value is -1.69. The van der Waals surface area contributed by atoms with Crippen LogP contribution < -0.4 is 0 Å². The summed E-state index contributed by atoms with van der Waals surface area (Å²) in [5.74, 6) is -1.07. The number of hydrogen-bond acceptors (Lipinski definition) is 3. The van der Waals surface area contributed by atoms with Gasteiger partial charge in [0.25, 0.3) is 0 Å². The first-order valence-electron chi connectivity index (χ1n) is 6.28. The Morgan fingerprint density at radius 1 is 1.35 bits per heavy atom. The van der Waals surface area contributed by atoms with E-state index in [1.54, 1.807) is 32.4 Å². The highest BCUT2D eigenvalue weighted by Gasteiger charge is 2.39. The molecule has 1 heterocycles. The number of carboxylic acids is 1. The summed E-state index contributed by atoms with van der Waals surface area (Å²) in [7, 11) is 0.0414. The molecular weight excluding hydrogens is 276 g/mol. The van der Waals surface area contributed by atoms with Crippen molar-refractivity contribution in [2.75, 3.05) is 0 Å². The van der Waals surface area contributed by atoms with Gasteiger partial charge in [-0.05, 0) is 17.5 Å². The zero-order chi connectivity index (χ0) is 15.1. The molecule has 6 heteroatoms. The zero-order valence-corrected chi connectivity index (χ0v) is 12.8. The summed E-state index contributed by atoms with van der Waals surface area (Å²) in [6.07, 6.45) is 0. The predicted molar refractivity (Wildman–Crippen MR) is 78.0 cm³/mol. The molecule has 0 saturated carbocycles. The van der Waals surface area contributed by atoms with Crippen molar-refractivity contribution >= 4 is 27.8 Å². The number of carboxylic acid groups (broad SMARTS) is 1. The maximum absolute atomic E-state index is 12.7. The number of aromatic nitrogens is 2. The van der Waals surface area contributed by atoms with Gasteiger partial charge in [0.15, 0.2) is 0 Å². The van der Waals surface area contributed by atoms with E-state index in [2.05, 4.69) is 4.98 Å². The molecule has 0 amide bonds. The fourth-order valence-corrected chi connectivity index (χ4v) is 3.78. The van der Waals surface area contributed by atoms with Crippen LogP contribution in [0.25, 0.3) is 11.0 Å². The maximum Gasteiger partial charge on any atom is 0.320 e. The number of nitrogens with zero attached hydrogens (tertiary/aromatic N) is 2. The van der Waals surface area contributed by atoms with Crippen LogP contribution in [0.1, 0.15) is 20.8 Å². The summed E-state index contributed by atoms with van der Waals surface area (Å²) in [4.78, 5) is 15.8. The van der Waals surface area contributed by atoms with Crippen molar-refractivity contribution in [3.05, 3.63) is 24.3 Å². The largest absolute Gasteiger partial charge is 0.480 e. The summed E-state index contributed by atoms with van der Waals surface area (Å²) in [5, 5.41) is 8.67. The first kappa shape index (κ1) is 14.7. The van der Waals surface area contributed by atoms with Gasteiger partial charge in [-0.25, -0.2) is 4.98 Å². The minimum Gasteiger partial charge on any atom is -0.480 e. The Bertz CT molecular complexity index is 685. The third-order valence-corrected chi connectivity index (χ3v) is 5.21. The van der Waals surface area contributed by atoms with Gasteiger partial charge in [-0.15, -0.1) is 0 Å². The van der Waals surface area contributed by atoms with Crippen LogP contribution in [-0.4, -0.2) is 30.1 Å². The number of aryl methyl sites for hydroxylation is 1. The van der Waals surface area contributed by atoms with Crippen molar-refractivity contribution in [3.8, 4) is 0 Å². The Labute approximate surface area is 120 Å². The van der Waals surface area contributed by atoms with Gasteiger partial charge in [0.2, 0.25) is 5.16 Å². The van der Waals surface area contributed by atoms with Crippen molar-refractivity contribution in [2.45, 2.75) is 31.2 Å². The SMILES string of the molecule is Cn1c(S(=O)C(C(=O)O)C(C)(C)C)nc2ccccc21. The third kappa shape index (κ3) is 2.47. The number of aliphatic carboxylic acids is 1. The monoisotopic (exact) mass is 294 g/mol. The normalized spacial score (nSPS) is 15.2. The molecule has 1 N–H and O–H groups in total. The van der Waals surface area contributed by atoms with E-state index in [-0.39, 0.29) is 0 Å². The Kier molecular flexibility index (Phi) is 3.69. The van der Waals surface area contributed by atoms with Crippen molar-refractivity contribution in [3.63, 3.8) is 0 Å². The highest BCUT2D eigenvalue weighted by molar-refractivity contribution is 7.86. The molecule has 0 bridgehead atoms. The van der Waals surface area contributed by atoms with Crippen LogP contribution in [0.5, 0.6) is 0 Å². The number of para-hydroxylation sites is 2. The van der Waals surface area contributed by atoms with Crippen molar-refractivity contribution in [2.24, 2.45) is 12.5 Å². The van der Waals surface area contributed by atoms with Gasteiger partial charge in [-0.2, -0.15) is 0 Å². The molecule has 20 heavy (non-hydrogen) atoms. The Morgan fingerprint density at radius 3 is 2.45 bits per heavy atom. The zero-order valence-electron chi connectivity index (χ0n) is 12.0. The Morgan fingerprint density at radius 2 is 1.95 bits per heavy atom. The summed E-state index contributed by atoms with van der Waals surface area (Å²) in [6.45, 7) is 5.31. The minimum absolute atomic E-state index is 0.300. The lowest BCUT2D eigenvalue weighted by Crippen LogP contribution is -2.39. The van der Waals surface area contributed by atoms with Gasteiger partial charge < -0.3 is 9.67 Å². The average Bonchev–Trinajstić information content (AvgIpc) is 2.65. The third-order valence-electron chi connectivity index (χ3n) is 3.15. The van der Waals surface area contributed by atoms with E-state index in [1.807, 2.05) is 24.3 Å². The lowest BCUT2D eigenvalue weighted by Gasteiger charge is -2.25. The van der Waals surface area contributed by atoms with E-state index >= 15 is 0 Å². The van der Waals surface area contributed by atoms with Crippen molar-refractivity contribution in [1.29, 1.82) is 0 Å². The van der Waals surface area contributed by atoms with Crippen LogP contribution in [0.3, 0.4) is 0 Å². The van der Waals surface area contributed by atoms with E-state index < -0.39 is 27.4 Å². The second kappa shape index (κ2) is 5.01. The molecule has 0 spiro atoms. The molecule has 0 aliphatic carbocycles. The van der Waals surface area contributed by atoms with Gasteiger partial charge in [0.1, 0.15) is 16.0 Å². The van der Waals surface area contributed by atoms with Crippen LogP contribution in [0.2, 0.25) is 0 Å². The van der Waals surface area contributed by atoms with E-state index in [4.69, 9.17) is 0 Å². The predicted octanol–water partition coefficient (Wildman–Crippen LogP) is 2.18. The van der Waals surface area contributed by atoms with Crippen molar-refractivity contribution in [1.82, 2.24) is 9.55 Å². The van der Waals surface area contributed by atoms with Gasteiger partial charge >= 0.3 is 5.97 Å². The molecule has 0 fully saturated rings. The first-order valence-corrected chi connectivity index (χ1v) is 7.49. The molecule has 0 radical (unpaired) electrons. The molecule has 1 aromatic carbocycles. The van der Waals surface area contributed by atoms with Gasteiger partial charge in [0.05, 0.1) is 11.0 Å². The van der Waals surface area contributed by atoms with E-state index in [9.17, 15) is 14.1 Å². The number of hydrogen-bond donors (Lipinski definition) is 1. The molecule has 108 valence electrons. The van der Waals surface area contributed by atoms with Crippen LogP contribution in [-0.2, 0) is 22.6 Å². The van der Waals surface area contributed by atoms with E-state index in [0.29, 0.717) is 5.16 Å². The summed E-state index contributed by atoms with van der Waals surface area (Å²) in [6, 6.07) is 7.41. The standard InChI is InChI=1S/C14H18N2O3S/c1-14(2,3)11(12(17)18)20(19)13-15-9-7-5-6-8-10(9)16(13)4/h5-8,11H,1-4H3,(H,17,18). The van der Waals surface area contributed by atoms with Gasteiger partial charge in [-0.3, -0.25) is 9.00 Å². The number of rotatable bonds is 3. The van der Waals surface area contributed by atoms with Crippen molar-refractivity contribution < 1.29 is 14.1 Å². The average molecular weight is 294 g/mol. The minimum atomic E-state index is -1.71. The highest BCUT2D eigenvalue weighted by Crippen LogP contribution is 2.28. The number of benzene rings is 1. The fourth-order valence-electron chi connectivity index (χ4n) is 2.19. The topological polar surface area (TPSA) is 72.2 Å². The van der Waals surface area contributed by atoms with Gasteiger partial charge in [-0.1, -0.05) is 32.9 Å². The molecule has 5 nitrogen and oxygen atoms in total. The maximum atomic E-state index is 12.7. The van der Waals surface area contributed by atoms with Crippen LogP contribution in [0.4, 0.5) is 0 Å². The first-order chi connectivity index (χ1) is 9.23. The quantitative estimate of drug-likeness (QED) is 0.941. The lowest BCUT2D eigenvalue weighted by molar-refractivity contribution is -0.138. The smallest absolute Gasteiger partial charge is 0.320 e. The molecule has 2 unspecified atom stereocenters. The lowest BCUT2D eigenvalue weighted by atomic mass is 9.92. The number of carbonyl (C=O) groups is 1.